The van der Waals surface area contributed by atoms with E-state index in [4.69, 9.17) is 0 Å². The predicted octanol–water partition coefficient (Wildman–Crippen LogP) is 1.39. The van der Waals surface area contributed by atoms with Gasteiger partial charge in [0.15, 0.2) is 0 Å². The predicted molar refractivity (Wildman–Crippen MR) is 122 cm³/mol. The van der Waals surface area contributed by atoms with E-state index in [2.05, 4.69) is 46.6 Å². The Balaban J connectivity index is 1.43. The molecule has 8 nitrogen and oxygen atoms in total. The minimum Gasteiger partial charge on any atom is -0.339 e. The Bertz CT molecular complexity index is 1040. The molecule has 32 heavy (non-hydrogen) atoms. The van der Waals surface area contributed by atoms with Crippen LogP contribution < -0.4 is 5.56 Å². The van der Waals surface area contributed by atoms with Gasteiger partial charge in [0.2, 0.25) is 5.91 Å². The van der Waals surface area contributed by atoms with Gasteiger partial charge in [-0.25, -0.2) is 4.98 Å². The summed E-state index contributed by atoms with van der Waals surface area (Å²) in [5, 5.41) is 0. The number of likely N-dealkylation sites (tertiary alicyclic amines) is 2. The number of amides is 1. The third kappa shape index (κ3) is 3.79. The number of piperidine rings is 1. The number of aryl methyl sites for hydroxylation is 1. The van der Waals surface area contributed by atoms with E-state index in [-0.39, 0.29) is 23.3 Å². The molecule has 0 N–H and O–H groups in total. The summed E-state index contributed by atoms with van der Waals surface area (Å²) in [5.41, 5.74) is 2.03. The highest BCUT2D eigenvalue weighted by Gasteiger charge is 2.45. The molecule has 3 aliphatic heterocycles. The van der Waals surface area contributed by atoms with Crippen molar-refractivity contribution in [2.24, 2.45) is 5.92 Å². The summed E-state index contributed by atoms with van der Waals surface area (Å²) >= 11 is 0. The summed E-state index contributed by atoms with van der Waals surface area (Å²) in [4.78, 5) is 37.9. The Kier molecular flexibility index (Phi) is 5.67. The van der Waals surface area contributed by atoms with Crippen molar-refractivity contribution in [2.45, 2.75) is 50.9 Å². The first-order valence-corrected chi connectivity index (χ1v) is 11.8. The molecule has 4 atom stereocenters. The van der Waals surface area contributed by atoms with Crippen molar-refractivity contribution in [2.75, 3.05) is 40.3 Å². The van der Waals surface area contributed by atoms with Crippen LogP contribution in [0, 0.1) is 5.92 Å². The number of rotatable bonds is 5. The van der Waals surface area contributed by atoms with Crippen molar-refractivity contribution in [3.63, 3.8) is 0 Å². The molecule has 172 valence electrons. The van der Waals surface area contributed by atoms with Crippen molar-refractivity contribution < 1.29 is 4.79 Å². The van der Waals surface area contributed by atoms with Gasteiger partial charge in [0.1, 0.15) is 6.04 Å². The van der Waals surface area contributed by atoms with Crippen LogP contribution in [0.15, 0.2) is 35.5 Å². The van der Waals surface area contributed by atoms with Gasteiger partial charge in [-0.05, 0) is 39.9 Å². The highest BCUT2D eigenvalue weighted by molar-refractivity contribution is 5.81. The van der Waals surface area contributed by atoms with E-state index in [9.17, 15) is 9.59 Å². The number of pyridine rings is 1. The maximum Gasteiger partial charge on any atom is 0.251 e. The van der Waals surface area contributed by atoms with Crippen molar-refractivity contribution >= 4 is 5.91 Å². The first-order valence-electron chi connectivity index (χ1n) is 11.8. The Labute approximate surface area is 189 Å². The molecule has 0 radical (unpaired) electrons. The summed E-state index contributed by atoms with van der Waals surface area (Å²) in [7, 11) is 4.14. The van der Waals surface area contributed by atoms with E-state index in [0.29, 0.717) is 6.04 Å². The molecule has 0 saturated carbocycles. The number of imidazole rings is 1. The Morgan fingerprint density at radius 2 is 2.06 bits per heavy atom. The third-order valence-corrected chi connectivity index (χ3v) is 7.62. The maximum absolute atomic E-state index is 13.8. The van der Waals surface area contributed by atoms with Crippen LogP contribution in [0.2, 0.25) is 0 Å². The minimum atomic E-state index is -0.410. The third-order valence-electron chi connectivity index (χ3n) is 7.62. The second-order valence-electron chi connectivity index (χ2n) is 9.88. The van der Waals surface area contributed by atoms with E-state index < -0.39 is 6.04 Å². The van der Waals surface area contributed by atoms with Crippen molar-refractivity contribution in [1.29, 1.82) is 0 Å². The normalized spacial score (nSPS) is 27.7. The van der Waals surface area contributed by atoms with E-state index in [1.54, 1.807) is 6.07 Å². The molecule has 1 amide bonds. The lowest BCUT2D eigenvalue weighted by molar-refractivity contribution is -0.137. The molecule has 2 saturated heterocycles. The molecule has 0 aromatic carbocycles. The van der Waals surface area contributed by atoms with Gasteiger partial charge in [0, 0.05) is 75.1 Å². The Hall–Kier alpha value is -2.45. The Morgan fingerprint density at radius 3 is 2.78 bits per heavy atom. The van der Waals surface area contributed by atoms with Crippen LogP contribution in [-0.4, -0.2) is 81.0 Å². The molecular weight excluding hydrogens is 404 g/mol. The van der Waals surface area contributed by atoms with Crippen LogP contribution in [-0.2, 0) is 17.9 Å². The van der Waals surface area contributed by atoms with Gasteiger partial charge >= 0.3 is 0 Å². The molecule has 3 aliphatic rings. The molecule has 2 aromatic rings. The van der Waals surface area contributed by atoms with Crippen LogP contribution >= 0.6 is 0 Å². The number of carbonyl (C=O) groups is 1. The average molecular weight is 439 g/mol. The average Bonchev–Trinajstić information content (AvgIpc) is 3.44. The second kappa shape index (κ2) is 8.48. The van der Waals surface area contributed by atoms with E-state index in [0.717, 1.165) is 63.5 Å². The molecule has 2 fully saturated rings. The van der Waals surface area contributed by atoms with Crippen LogP contribution in [0.4, 0.5) is 0 Å². The lowest BCUT2D eigenvalue weighted by Crippen LogP contribution is -2.53. The monoisotopic (exact) mass is 438 g/mol. The fourth-order valence-electron chi connectivity index (χ4n) is 5.92. The molecule has 2 bridgehead atoms. The van der Waals surface area contributed by atoms with Crippen LogP contribution in [0.3, 0.4) is 0 Å². The van der Waals surface area contributed by atoms with E-state index >= 15 is 0 Å². The first-order chi connectivity index (χ1) is 15.4. The topological polar surface area (TPSA) is 66.6 Å². The van der Waals surface area contributed by atoms with Crippen molar-refractivity contribution in [1.82, 2.24) is 28.8 Å². The number of hydrogen-bond acceptors (Lipinski definition) is 5. The quantitative estimate of drug-likeness (QED) is 0.706. The summed E-state index contributed by atoms with van der Waals surface area (Å²) in [6.07, 6.45) is 5.94. The summed E-state index contributed by atoms with van der Waals surface area (Å²) in [6, 6.07) is 5.47. The summed E-state index contributed by atoms with van der Waals surface area (Å²) in [6.45, 7) is 7.03. The number of nitrogens with zero attached hydrogens (tertiary/aromatic N) is 6. The smallest absolute Gasteiger partial charge is 0.251 e. The molecule has 5 rings (SSSR count). The molecular formula is C24H34N6O2. The number of fused-ring (bicyclic) bond motifs is 4. The van der Waals surface area contributed by atoms with Gasteiger partial charge in [-0.3, -0.25) is 19.1 Å². The highest BCUT2D eigenvalue weighted by atomic mass is 16.2. The highest BCUT2D eigenvalue weighted by Crippen LogP contribution is 2.42. The number of hydrogen-bond donors (Lipinski definition) is 0. The minimum absolute atomic E-state index is 0.0472. The van der Waals surface area contributed by atoms with E-state index in [1.165, 1.54) is 0 Å². The maximum atomic E-state index is 13.8. The van der Waals surface area contributed by atoms with Gasteiger partial charge in [-0.15, -0.1) is 0 Å². The lowest BCUT2D eigenvalue weighted by Gasteiger charge is -2.47. The van der Waals surface area contributed by atoms with Crippen LogP contribution in [0.1, 0.15) is 43.1 Å². The summed E-state index contributed by atoms with van der Waals surface area (Å²) < 4.78 is 3.92. The van der Waals surface area contributed by atoms with Gasteiger partial charge in [-0.1, -0.05) is 6.07 Å². The summed E-state index contributed by atoms with van der Waals surface area (Å²) in [5.74, 6) is 0.526. The number of carbonyl (C=O) groups excluding carboxylic acids is 1. The van der Waals surface area contributed by atoms with Crippen LogP contribution in [0.5, 0.6) is 0 Å². The first kappa shape index (κ1) is 21.4. The zero-order chi connectivity index (χ0) is 22.4. The second-order valence-corrected chi connectivity index (χ2v) is 9.88. The van der Waals surface area contributed by atoms with Gasteiger partial charge < -0.3 is 14.4 Å². The van der Waals surface area contributed by atoms with Crippen molar-refractivity contribution in [3.05, 3.63) is 52.5 Å². The SMILES string of the molecule is CCn1cnc(CN2C[C@@H]3C[C@H](C2)[C@H](C(=O)N2CC[C@H](N(C)C)C2)n2c3cccc2=O)c1. The molecule has 5 heterocycles. The van der Waals surface area contributed by atoms with Gasteiger partial charge in [-0.2, -0.15) is 0 Å². The molecule has 0 spiro atoms. The molecule has 0 aliphatic carbocycles. The Morgan fingerprint density at radius 1 is 1.22 bits per heavy atom. The molecule has 8 heteroatoms. The van der Waals surface area contributed by atoms with Gasteiger partial charge in [0.05, 0.1) is 12.0 Å². The fraction of sp³-hybridized carbons (Fsp3) is 0.625. The number of aromatic nitrogens is 3. The lowest BCUT2D eigenvalue weighted by atomic mass is 9.78. The van der Waals surface area contributed by atoms with Crippen LogP contribution in [0.25, 0.3) is 0 Å². The number of likely N-dealkylation sites (N-methyl/N-ethyl adjacent to an activating group) is 1. The zero-order valence-electron chi connectivity index (χ0n) is 19.4. The molecule has 2 aromatic heterocycles. The van der Waals surface area contributed by atoms with Gasteiger partial charge in [0.25, 0.3) is 5.56 Å². The standard InChI is InChI=1S/C24H34N6O2/c1-4-27-13-19(25-16-27)14-28-11-17-10-18(12-28)23(30-21(17)6-5-7-22(30)31)24(32)29-9-8-20(15-29)26(2)3/h5-7,13,16-18,20,23H,4,8-12,14-15H2,1-3H3/t17-,18+,20-,23+/m0/s1. The fourth-order valence-corrected chi connectivity index (χ4v) is 5.92. The molecule has 0 unspecified atom stereocenters. The zero-order valence-corrected chi connectivity index (χ0v) is 19.4. The van der Waals surface area contributed by atoms with E-state index in [1.807, 2.05) is 27.9 Å². The van der Waals surface area contributed by atoms with Crippen molar-refractivity contribution in [3.8, 4) is 0 Å². The largest absolute Gasteiger partial charge is 0.339 e.